The molecule has 0 saturated heterocycles. The largest absolute Gasteiger partial charge is 0.356 e. The molecule has 4 nitrogen and oxygen atoms in total. The van der Waals surface area contributed by atoms with E-state index in [9.17, 15) is 9.59 Å². The first kappa shape index (κ1) is 45.2. The van der Waals surface area contributed by atoms with Gasteiger partial charge in [-0.2, -0.15) is 0 Å². The van der Waals surface area contributed by atoms with Gasteiger partial charge in [-0.25, -0.2) is 0 Å². The fourth-order valence-corrected chi connectivity index (χ4v) is 7.71. The summed E-state index contributed by atoms with van der Waals surface area (Å²) in [5, 5.41) is 3.30. The van der Waals surface area contributed by atoms with E-state index in [0.717, 1.165) is 55.2 Å². The third-order valence-electron chi connectivity index (χ3n) is 10.8. The standard InChI is InChI=1S/C31H23NO.C19H13BrO.C12H11N/c33-31(27-14-10-13-26(23-27)24-11-4-1-5-12-24)25-19-21-30(22-20-25)32(28-15-6-2-7-16-28)29-17-8-3-9-18-29;20-18-11-9-15(10-12-18)19(21)17-8-4-7-16(13-17)14-5-2-1-3-6-14;1-3-7-11(8-4-1)13-12-9-5-2-6-10-12/h1-23H;1-13H;1-10,13H. The molecule has 0 aliphatic heterocycles. The predicted octanol–water partition coefficient (Wildman–Crippen LogP) is 16.8. The number of hydrogen-bond donors (Lipinski definition) is 1. The quantitative estimate of drug-likeness (QED) is 0.131. The zero-order chi connectivity index (χ0) is 46.0. The van der Waals surface area contributed by atoms with Gasteiger partial charge in [0, 0.05) is 55.2 Å². The lowest BCUT2D eigenvalue weighted by Gasteiger charge is -2.25. The highest BCUT2D eigenvalue weighted by Crippen LogP contribution is 2.34. The molecule has 0 atom stereocenters. The molecule has 0 aliphatic carbocycles. The second-order valence-electron chi connectivity index (χ2n) is 15.5. The Morgan fingerprint density at radius 2 is 0.612 bits per heavy atom. The summed E-state index contributed by atoms with van der Waals surface area (Å²) in [4.78, 5) is 27.9. The van der Waals surface area contributed by atoms with Crippen LogP contribution in [0, 0.1) is 0 Å². The van der Waals surface area contributed by atoms with Gasteiger partial charge >= 0.3 is 0 Å². The first-order valence-corrected chi connectivity index (χ1v) is 22.8. The number of hydrogen-bond acceptors (Lipinski definition) is 4. The van der Waals surface area contributed by atoms with E-state index in [-0.39, 0.29) is 11.6 Å². The van der Waals surface area contributed by atoms with Gasteiger partial charge in [0.1, 0.15) is 0 Å². The minimum Gasteiger partial charge on any atom is -0.356 e. The third-order valence-corrected chi connectivity index (χ3v) is 11.4. The summed E-state index contributed by atoms with van der Waals surface area (Å²) in [5.41, 5.74) is 12.4. The number of rotatable bonds is 11. The van der Waals surface area contributed by atoms with Gasteiger partial charge in [-0.3, -0.25) is 9.59 Å². The van der Waals surface area contributed by atoms with E-state index in [1.807, 2.05) is 243 Å². The molecule has 10 aromatic carbocycles. The van der Waals surface area contributed by atoms with Crippen LogP contribution in [0.3, 0.4) is 0 Å². The van der Waals surface area contributed by atoms with Crippen molar-refractivity contribution in [2.45, 2.75) is 0 Å². The molecule has 0 amide bonds. The van der Waals surface area contributed by atoms with Gasteiger partial charge in [0.05, 0.1) is 0 Å². The number of benzene rings is 10. The number of nitrogens with zero attached hydrogens (tertiary/aromatic N) is 1. The highest BCUT2D eigenvalue weighted by molar-refractivity contribution is 9.10. The molecule has 0 heterocycles. The molecule has 0 radical (unpaired) electrons. The van der Waals surface area contributed by atoms with Gasteiger partial charge in [-0.15, -0.1) is 0 Å². The van der Waals surface area contributed by atoms with Crippen LogP contribution in [-0.2, 0) is 0 Å². The molecule has 0 unspecified atom stereocenters. The Bertz CT molecular complexity index is 3020. The summed E-state index contributed by atoms with van der Waals surface area (Å²) >= 11 is 3.38. The number of halogens is 1. The summed E-state index contributed by atoms with van der Waals surface area (Å²) in [6.45, 7) is 0. The van der Waals surface area contributed by atoms with Crippen LogP contribution in [0.1, 0.15) is 31.8 Å². The summed E-state index contributed by atoms with van der Waals surface area (Å²) in [7, 11) is 0. The van der Waals surface area contributed by atoms with Crippen molar-refractivity contribution in [3.8, 4) is 22.3 Å². The summed E-state index contributed by atoms with van der Waals surface area (Å²) in [6, 6.07) is 91.8. The van der Waals surface area contributed by atoms with Crippen LogP contribution in [0.2, 0.25) is 0 Å². The van der Waals surface area contributed by atoms with Crippen molar-refractivity contribution < 1.29 is 9.59 Å². The zero-order valence-electron chi connectivity index (χ0n) is 36.7. The Kier molecular flexibility index (Phi) is 15.5. The molecule has 10 rings (SSSR count). The van der Waals surface area contributed by atoms with Crippen LogP contribution in [0.15, 0.2) is 284 Å². The monoisotopic (exact) mass is 930 g/mol. The number of anilines is 5. The van der Waals surface area contributed by atoms with E-state index in [1.54, 1.807) is 0 Å². The maximum atomic E-state index is 13.2. The van der Waals surface area contributed by atoms with Crippen LogP contribution in [0.5, 0.6) is 0 Å². The maximum Gasteiger partial charge on any atom is 0.193 e. The van der Waals surface area contributed by atoms with Gasteiger partial charge in [0.2, 0.25) is 0 Å². The van der Waals surface area contributed by atoms with Crippen LogP contribution in [-0.4, -0.2) is 11.6 Å². The van der Waals surface area contributed by atoms with E-state index < -0.39 is 0 Å². The molecule has 0 fully saturated rings. The van der Waals surface area contributed by atoms with E-state index in [2.05, 4.69) is 62.5 Å². The van der Waals surface area contributed by atoms with E-state index in [4.69, 9.17) is 0 Å². The molecule has 324 valence electrons. The average Bonchev–Trinajstić information content (AvgIpc) is 3.41. The van der Waals surface area contributed by atoms with Gasteiger partial charge in [0.25, 0.3) is 0 Å². The minimum atomic E-state index is 0.0188. The van der Waals surface area contributed by atoms with Crippen LogP contribution >= 0.6 is 15.9 Å². The van der Waals surface area contributed by atoms with Gasteiger partial charge in [-0.1, -0.05) is 186 Å². The SMILES string of the molecule is O=C(c1ccc(Br)cc1)c1cccc(-c2ccccc2)c1.O=C(c1ccc(N(c2ccccc2)c2ccccc2)cc1)c1cccc(-c2ccccc2)c1.c1ccc(Nc2ccccc2)cc1. The number of para-hydroxylation sites is 4. The summed E-state index contributed by atoms with van der Waals surface area (Å²) < 4.78 is 0.970. The Morgan fingerprint density at radius 1 is 0.299 bits per heavy atom. The molecule has 5 heteroatoms. The van der Waals surface area contributed by atoms with Crippen molar-refractivity contribution in [3.63, 3.8) is 0 Å². The molecular formula is C62H47BrN2O2. The lowest BCUT2D eigenvalue weighted by molar-refractivity contribution is 0.103. The van der Waals surface area contributed by atoms with Crippen LogP contribution in [0.25, 0.3) is 22.3 Å². The van der Waals surface area contributed by atoms with E-state index in [1.165, 1.54) is 0 Å². The van der Waals surface area contributed by atoms with Crippen molar-refractivity contribution in [1.29, 1.82) is 0 Å². The molecule has 0 bridgehead atoms. The van der Waals surface area contributed by atoms with E-state index in [0.29, 0.717) is 22.3 Å². The Labute approximate surface area is 401 Å². The topological polar surface area (TPSA) is 49.4 Å². The van der Waals surface area contributed by atoms with Gasteiger partial charge < -0.3 is 10.2 Å². The normalized spacial score (nSPS) is 10.3. The molecule has 0 aliphatic rings. The smallest absolute Gasteiger partial charge is 0.193 e. The second kappa shape index (κ2) is 23.0. The summed E-state index contributed by atoms with van der Waals surface area (Å²) in [5.74, 6) is 0.0607. The molecule has 0 spiro atoms. The van der Waals surface area contributed by atoms with Gasteiger partial charge in [-0.05, 0) is 131 Å². The van der Waals surface area contributed by atoms with Crippen LogP contribution < -0.4 is 10.2 Å². The molecule has 0 saturated carbocycles. The van der Waals surface area contributed by atoms with Crippen molar-refractivity contribution in [2.24, 2.45) is 0 Å². The zero-order valence-corrected chi connectivity index (χ0v) is 38.3. The van der Waals surface area contributed by atoms with Crippen molar-refractivity contribution in [3.05, 3.63) is 306 Å². The number of ketones is 2. The third kappa shape index (κ3) is 12.5. The summed E-state index contributed by atoms with van der Waals surface area (Å²) in [6.07, 6.45) is 0. The van der Waals surface area contributed by atoms with Crippen molar-refractivity contribution in [1.82, 2.24) is 0 Å². The Morgan fingerprint density at radius 3 is 1.00 bits per heavy atom. The van der Waals surface area contributed by atoms with Gasteiger partial charge in [0.15, 0.2) is 11.6 Å². The minimum absolute atomic E-state index is 0.0188. The fraction of sp³-hybridized carbons (Fsp3) is 0. The lowest BCUT2D eigenvalue weighted by atomic mass is 9.98. The number of carbonyl (C=O) groups excluding carboxylic acids is 2. The molecular weight excluding hydrogens is 885 g/mol. The predicted molar refractivity (Wildman–Crippen MR) is 282 cm³/mol. The fourth-order valence-electron chi connectivity index (χ4n) is 7.45. The molecule has 10 aromatic rings. The molecule has 0 aromatic heterocycles. The van der Waals surface area contributed by atoms with E-state index >= 15 is 0 Å². The first-order chi connectivity index (χ1) is 33.0. The maximum absolute atomic E-state index is 13.2. The average molecular weight is 932 g/mol. The van der Waals surface area contributed by atoms with Crippen molar-refractivity contribution in [2.75, 3.05) is 10.2 Å². The van der Waals surface area contributed by atoms with Crippen molar-refractivity contribution >= 4 is 55.9 Å². The Balaban J connectivity index is 0.000000152. The highest BCUT2D eigenvalue weighted by Gasteiger charge is 2.15. The number of nitrogens with one attached hydrogen (secondary N) is 1. The Hall–Kier alpha value is -8.38. The molecule has 1 N–H and O–H groups in total. The molecule has 67 heavy (non-hydrogen) atoms. The second-order valence-corrected chi connectivity index (χ2v) is 16.4. The highest BCUT2D eigenvalue weighted by atomic mass is 79.9. The number of carbonyl (C=O) groups is 2. The lowest BCUT2D eigenvalue weighted by Crippen LogP contribution is -2.10. The first-order valence-electron chi connectivity index (χ1n) is 22.0. The van der Waals surface area contributed by atoms with Crippen LogP contribution in [0.4, 0.5) is 28.4 Å².